The zero-order chi connectivity index (χ0) is 14.3. The number of amides is 1. The second-order valence-electron chi connectivity index (χ2n) is 4.41. The van der Waals surface area contributed by atoms with Crippen LogP contribution >= 0.6 is 0 Å². The minimum absolute atomic E-state index is 0.0419. The Morgan fingerprint density at radius 2 is 2.00 bits per heavy atom. The third-order valence-corrected chi connectivity index (χ3v) is 3.26. The maximum Gasteiger partial charge on any atom is 0.258 e. The molecule has 106 valence electrons. The van der Waals surface area contributed by atoms with Gasteiger partial charge in [-0.2, -0.15) is 0 Å². The highest BCUT2D eigenvalue weighted by Crippen LogP contribution is 2.16. The number of ether oxygens (including phenoxy) is 1. The number of halogens is 1. The Morgan fingerprint density at radius 3 is 2.53 bits per heavy atom. The lowest BCUT2D eigenvalue weighted by molar-refractivity contribution is -0.125. The van der Waals surface area contributed by atoms with Gasteiger partial charge in [-0.05, 0) is 25.0 Å². The van der Waals surface area contributed by atoms with Crippen LogP contribution < -0.4 is 10.1 Å². The number of hydrogen-bond acceptors (Lipinski definition) is 3. The topological polar surface area (TPSA) is 58.6 Å². The van der Waals surface area contributed by atoms with E-state index in [-0.39, 0.29) is 24.9 Å². The van der Waals surface area contributed by atoms with Crippen molar-refractivity contribution in [2.45, 2.75) is 32.2 Å². The molecule has 0 unspecified atom stereocenters. The van der Waals surface area contributed by atoms with Crippen LogP contribution in [0.15, 0.2) is 24.3 Å². The quantitative estimate of drug-likeness (QED) is 0.794. The van der Waals surface area contributed by atoms with Gasteiger partial charge in [-0.1, -0.05) is 26.0 Å². The Morgan fingerprint density at radius 1 is 1.37 bits per heavy atom. The van der Waals surface area contributed by atoms with Gasteiger partial charge in [0.2, 0.25) is 0 Å². The molecule has 1 rings (SSSR count). The maximum absolute atomic E-state index is 13.3. The summed E-state index contributed by atoms with van der Waals surface area (Å²) in [6.45, 7) is 3.36. The minimum atomic E-state index is -0.629. The van der Waals surface area contributed by atoms with E-state index in [9.17, 15) is 14.3 Å². The summed E-state index contributed by atoms with van der Waals surface area (Å²) in [6.07, 6.45) is 1.23. The molecule has 0 saturated carbocycles. The molecular formula is C14H20FNO3. The van der Waals surface area contributed by atoms with Gasteiger partial charge < -0.3 is 15.2 Å². The van der Waals surface area contributed by atoms with E-state index in [1.54, 1.807) is 12.1 Å². The summed E-state index contributed by atoms with van der Waals surface area (Å²) in [5, 5.41) is 12.1. The third-order valence-electron chi connectivity index (χ3n) is 3.26. The highest BCUT2D eigenvalue weighted by atomic mass is 19.1. The van der Waals surface area contributed by atoms with Crippen molar-refractivity contribution in [3.8, 4) is 5.75 Å². The molecule has 1 aromatic rings. The first-order valence-corrected chi connectivity index (χ1v) is 6.36. The van der Waals surface area contributed by atoms with Crippen LogP contribution in [0.2, 0.25) is 0 Å². The summed E-state index contributed by atoms with van der Waals surface area (Å²) in [6, 6.07) is 5.91. The minimum Gasteiger partial charge on any atom is -0.481 e. The number of carbonyl (C=O) groups is 1. The van der Waals surface area contributed by atoms with Gasteiger partial charge >= 0.3 is 0 Å². The van der Waals surface area contributed by atoms with Gasteiger partial charge in [-0.15, -0.1) is 0 Å². The molecule has 2 N–H and O–H groups in total. The van der Waals surface area contributed by atoms with Crippen molar-refractivity contribution in [2.75, 3.05) is 13.2 Å². The van der Waals surface area contributed by atoms with Crippen LogP contribution in [-0.2, 0) is 4.79 Å². The lowest BCUT2D eigenvalue weighted by Crippen LogP contribution is -2.51. The number of benzene rings is 1. The van der Waals surface area contributed by atoms with E-state index in [4.69, 9.17) is 4.74 Å². The number of aliphatic hydroxyl groups is 1. The van der Waals surface area contributed by atoms with Gasteiger partial charge in [0.05, 0.1) is 12.1 Å². The smallest absolute Gasteiger partial charge is 0.258 e. The molecule has 0 aliphatic carbocycles. The molecule has 5 heteroatoms. The number of nitrogens with one attached hydrogen (secondary N) is 1. The van der Waals surface area contributed by atoms with Gasteiger partial charge in [-0.25, -0.2) is 4.39 Å². The molecule has 0 heterocycles. The van der Waals surface area contributed by atoms with E-state index < -0.39 is 11.4 Å². The maximum atomic E-state index is 13.3. The molecule has 0 fully saturated rings. The van der Waals surface area contributed by atoms with Crippen molar-refractivity contribution in [3.63, 3.8) is 0 Å². The molecule has 0 radical (unpaired) electrons. The van der Waals surface area contributed by atoms with Crippen LogP contribution in [0.25, 0.3) is 0 Å². The largest absolute Gasteiger partial charge is 0.481 e. The Hall–Kier alpha value is -1.62. The number of hydrogen-bond donors (Lipinski definition) is 2. The highest BCUT2D eigenvalue weighted by Gasteiger charge is 2.27. The average Bonchev–Trinajstić information content (AvgIpc) is 2.44. The Labute approximate surface area is 112 Å². The fraction of sp³-hybridized carbons (Fsp3) is 0.500. The van der Waals surface area contributed by atoms with Crippen molar-refractivity contribution in [1.82, 2.24) is 5.32 Å². The van der Waals surface area contributed by atoms with E-state index in [1.807, 2.05) is 13.8 Å². The predicted octanol–water partition coefficient (Wildman–Crippen LogP) is 1.87. The Balaban J connectivity index is 2.54. The van der Waals surface area contributed by atoms with Gasteiger partial charge in [0, 0.05) is 0 Å². The van der Waals surface area contributed by atoms with Crippen molar-refractivity contribution in [1.29, 1.82) is 0 Å². The summed E-state index contributed by atoms with van der Waals surface area (Å²) in [7, 11) is 0. The van der Waals surface area contributed by atoms with Gasteiger partial charge in [0.25, 0.3) is 5.91 Å². The van der Waals surface area contributed by atoms with E-state index in [2.05, 4.69) is 5.32 Å². The Kier molecular flexibility index (Phi) is 5.76. The monoisotopic (exact) mass is 269 g/mol. The number of aliphatic hydroxyl groups excluding tert-OH is 1. The molecule has 1 aromatic carbocycles. The van der Waals surface area contributed by atoms with Crippen LogP contribution in [0.5, 0.6) is 5.75 Å². The molecule has 0 aromatic heterocycles. The molecule has 0 atom stereocenters. The fourth-order valence-electron chi connectivity index (χ4n) is 1.73. The number of para-hydroxylation sites is 1. The number of rotatable bonds is 7. The molecule has 0 bridgehead atoms. The van der Waals surface area contributed by atoms with Crippen LogP contribution in [0.4, 0.5) is 4.39 Å². The highest BCUT2D eigenvalue weighted by molar-refractivity contribution is 5.78. The predicted molar refractivity (Wildman–Crippen MR) is 70.4 cm³/mol. The average molecular weight is 269 g/mol. The van der Waals surface area contributed by atoms with Gasteiger partial charge in [0.1, 0.15) is 0 Å². The van der Waals surface area contributed by atoms with Crippen LogP contribution in [0.1, 0.15) is 26.7 Å². The molecule has 0 spiro atoms. The lowest BCUT2D eigenvalue weighted by Gasteiger charge is -2.30. The van der Waals surface area contributed by atoms with E-state index >= 15 is 0 Å². The summed E-state index contributed by atoms with van der Waals surface area (Å²) < 4.78 is 18.4. The molecule has 4 nitrogen and oxygen atoms in total. The zero-order valence-corrected chi connectivity index (χ0v) is 11.3. The van der Waals surface area contributed by atoms with E-state index in [1.165, 1.54) is 12.1 Å². The molecule has 0 aliphatic rings. The first kappa shape index (κ1) is 15.4. The van der Waals surface area contributed by atoms with Gasteiger partial charge in [0.15, 0.2) is 18.2 Å². The molecule has 0 aliphatic heterocycles. The van der Waals surface area contributed by atoms with Crippen molar-refractivity contribution >= 4 is 5.91 Å². The third kappa shape index (κ3) is 4.21. The van der Waals surface area contributed by atoms with Crippen LogP contribution in [0.3, 0.4) is 0 Å². The molecular weight excluding hydrogens is 249 g/mol. The first-order chi connectivity index (χ1) is 9.06. The van der Waals surface area contributed by atoms with Crippen molar-refractivity contribution in [2.24, 2.45) is 0 Å². The van der Waals surface area contributed by atoms with E-state index in [0.29, 0.717) is 12.8 Å². The fourth-order valence-corrected chi connectivity index (χ4v) is 1.73. The molecule has 0 saturated heterocycles. The van der Waals surface area contributed by atoms with Crippen molar-refractivity contribution in [3.05, 3.63) is 30.1 Å². The van der Waals surface area contributed by atoms with Crippen molar-refractivity contribution < 1.29 is 19.0 Å². The molecule has 19 heavy (non-hydrogen) atoms. The van der Waals surface area contributed by atoms with E-state index in [0.717, 1.165) is 0 Å². The standard InChI is InChI=1S/C14H20FNO3/c1-3-14(4-2,10-17)16-13(18)9-19-12-8-6-5-7-11(12)15/h5-8,17H,3-4,9-10H2,1-2H3,(H,16,18). The second kappa shape index (κ2) is 7.09. The lowest BCUT2D eigenvalue weighted by atomic mass is 9.94. The zero-order valence-electron chi connectivity index (χ0n) is 11.3. The second-order valence-corrected chi connectivity index (χ2v) is 4.41. The van der Waals surface area contributed by atoms with Gasteiger partial charge in [-0.3, -0.25) is 4.79 Å². The summed E-state index contributed by atoms with van der Waals surface area (Å²) in [5.74, 6) is -0.837. The van der Waals surface area contributed by atoms with Crippen LogP contribution in [0, 0.1) is 5.82 Å². The summed E-state index contributed by atoms with van der Waals surface area (Å²) in [4.78, 5) is 11.8. The number of carbonyl (C=O) groups excluding carboxylic acids is 1. The SMILES string of the molecule is CCC(CC)(CO)NC(=O)COc1ccccc1F. The first-order valence-electron chi connectivity index (χ1n) is 6.36. The van der Waals surface area contributed by atoms with Crippen LogP contribution in [-0.4, -0.2) is 29.8 Å². The Bertz CT molecular complexity index is 411. The molecule has 1 amide bonds. The summed E-state index contributed by atoms with van der Waals surface area (Å²) in [5.41, 5.74) is -0.629. The normalized spacial score (nSPS) is 11.2. The summed E-state index contributed by atoms with van der Waals surface area (Å²) >= 11 is 0.